The summed E-state index contributed by atoms with van der Waals surface area (Å²) < 4.78 is 0. The summed E-state index contributed by atoms with van der Waals surface area (Å²) in [7, 11) is 0. The van der Waals surface area contributed by atoms with Crippen LogP contribution in [0.15, 0.2) is 12.2 Å². The Hall–Kier alpha value is -1.12. The highest BCUT2D eigenvalue weighted by Crippen LogP contribution is 2.06. The van der Waals surface area contributed by atoms with E-state index in [1.165, 1.54) is 0 Å². The van der Waals surface area contributed by atoms with Crippen molar-refractivity contribution < 1.29 is 14.7 Å². The number of carbonyl (C=O) groups is 2. The normalized spacial score (nSPS) is 9.50. The molecular weight excluding hydrogens is 132 g/mol. The van der Waals surface area contributed by atoms with Crippen molar-refractivity contribution in [2.45, 2.75) is 13.8 Å². The largest absolute Gasteiger partial charge is 0.541 e. The fourth-order valence-corrected chi connectivity index (χ4v) is 0.393. The molecule has 3 heteroatoms. The van der Waals surface area contributed by atoms with Crippen molar-refractivity contribution in [3.05, 3.63) is 12.2 Å². The molecule has 0 aromatic carbocycles. The zero-order valence-electron chi connectivity index (χ0n) is 6.01. The molecule has 10 heavy (non-hydrogen) atoms. The van der Waals surface area contributed by atoms with Gasteiger partial charge in [0.25, 0.3) is 0 Å². The number of hydrogen-bond acceptors (Lipinski definition) is 3. The summed E-state index contributed by atoms with van der Waals surface area (Å²) in [6.07, 6.45) is 0. The third-order valence-corrected chi connectivity index (χ3v) is 1.17. The minimum absolute atomic E-state index is 0.0833. The summed E-state index contributed by atoms with van der Waals surface area (Å²) in [5.41, 5.74) is 0.0833. The van der Waals surface area contributed by atoms with Crippen molar-refractivity contribution in [3.8, 4) is 0 Å². The zero-order valence-corrected chi connectivity index (χ0v) is 6.01. The van der Waals surface area contributed by atoms with Crippen LogP contribution >= 0.6 is 0 Å². The summed E-state index contributed by atoms with van der Waals surface area (Å²) in [4.78, 5) is 20.4. The average Bonchev–Trinajstić information content (AvgIpc) is 1.84. The number of carbonyl (C=O) groups excluding carboxylic acids is 2. The van der Waals surface area contributed by atoms with Gasteiger partial charge in [-0.3, -0.25) is 4.79 Å². The molecule has 0 atom stereocenters. The van der Waals surface area contributed by atoms with Gasteiger partial charge in [-0.05, 0) is 11.5 Å². The van der Waals surface area contributed by atoms with Gasteiger partial charge in [-0.15, -0.1) is 0 Å². The van der Waals surface area contributed by atoms with Crippen LogP contribution in [0.3, 0.4) is 0 Å². The number of hydrogen-bond donors (Lipinski definition) is 0. The Labute approximate surface area is 59.4 Å². The molecule has 3 nitrogen and oxygen atoms in total. The minimum atomic E-state index is -1.68. The van der Waals surface area contributed by atoms with E-state index in [1.807, 2.05) is 0 Å². The Morgan fingerprint density at radius 1 is 1.40 bits per heavy atom. The van der Waals surface area contributed by atoms with Crippen LogP contribution in [0.5, 0.6) is 0 Å². The first-order chi connectivity index (χ1) is 4.46. The molecule has 0 heterocycles. The highest BCUT2D eigenvalue weighted by molar-refractivity contribution is 6.38. The summed E-state index contributed by atoms with van der Waals surface area (Å²) in [5, 5.41) is 9.92. The predicted molar refractivity (Wildman–Crippen MR) is 34.0 cm³/mol. The molecule has 0 aliphatic rings. The fourth-order valence-electron chi connectivity index (χ4n) is 0.393. The van der Waals surface area contributed by atoms with Gasteiger partial charge in [-0.1, -0.05) is 20.4 Å². The maximum absolute atomic E-state index is 10.5. The summed E-state index contributed by atoms with van der Waals surface area (Å²) in [6.45, 7) is 6.70. The van der Waals surface area contributed by atoms with Crippen molar-refractivity contribution in [1.82, 2.24) is 0 Å². The number of carboxylic acid groups (broad SMARTS) is 1. The van der Waals surface area contributed by atoms with Crippen LogP contribution in [0, 0.1) is 5.92 Å². The molecule has 0 aromatic heterocycles. The molecule has 0 aliphatic carbocycles. The number of carboxylic acids is 1. The van der Waals surface area contributed by atoms with E-state index < -0.39 is 11.8 Å². The van der Waals surface area contributed by atoms with E-state index in [4.69, 9.17) is 0 Å². The number of Topliss-reactive ketones (excluding diaryl/α,β-unsaturated/α-hetero) is 1. The molecule has 0 spiro atoms. The first-order valence-electron chi connectivity index (χ1n) is 2.91. The molecule has 0 saturated carbocycles. The predicted octanol–water partition coefficient (Wildman–Crippen LogP) is -0.482. The lowest BCUT2D eigenvalue weighted by Crippen LogP contribution is -2.33. The Balaban J connectivity index is 4.24. The van der Waals surface area contributed by atoms with Gasteiger partial charge in [-0.25, -0.2) is 0 Å². The van der Waals surface area contributed by atoms with Crippen molar-refractivity contribution in [2.75, 3.05) is 0 Å². The molecule has 0 amide bonds. The second-order valence-corrected chi connectivity index (χ2v) is 2.30. The van der Waals surface area contributed by atoms with Crippen LogP contribution < -0.4 is 5.11 Å². The standard InChI is InChI=1S/C7H10O3/c1-4(2)5(3)6(8)7(9)10/h4H,3H2,1-2H3,(H,9,10)/p-1. The molecule has 0 radical (unpaired) electrons. The molecule has 0 rings (SSSR count). The molecule has 0 aromatic rings. The lowest BCUT2D eigenvalue weighted by atomic mass is 10.0. The van der Waals surface area contributed by atoms with E-state index in [-0.39, 0.29) is 11.5 Å². The smallest absolute Gasteiger partial charge is 0.204 e. The fraction of sp³-hybridized carbons (Fsp3) is 0.429. The Morgan fingerprint density at radius 2 is 1.80 bits per heavy atom. The average molecular weight is 141 g/mol. The van der Waals surface area contributed by atoms with Gasteiger partial charge in [-0.2, -0.15) is 0 Å². The van der Waals surface area contributed by atoms with Crippen LogP contribution in [-0.4, -0.2) is 11.8 Å². The molecule has 56 valence electrons. The lowest BCUT2D eigenvalue weighted by molar-refractivity contribution is -0.299. The lowest BCUT2D eigenvalue weighted by Gasteiger charge is -2.07. The van der Waals surface area contributed by atoms with E-state index >= 15 is 0 Å². The Kier molecular flexibility index (Phi) is 2.80. The van der Waals surface area contributed by atoms with E-state index in [0.717, 1.165) is 0 Å². The zero-order chi connectivity index (χ0) is 8.31. The van der Waals surface area contributed by atoms with Crippen molar-refractivity contribution in [3.63, 3.8) is 0 Å². The van der Waals surface area contributed by atoms with E-state index in [2.05, 4.69) is 6.58 Å². The first-order valence-corrected chi connectivity index (χ1v) is 2.91. The molecule has 0 N–H and O–H groups in total. The van der Waals surface area contributed by atoms with Crippen molar-refractivity contribution in [1.29, 1.82) is 0 Å². The third kappa shape index (κ3) is 2.01. The van der Waals surface area contributed by atoms with Crippen LogP contribution in [-0.2, 0) is 9.59 Å². The molecule has 0 bridgehead atoms. The van der Waals surface area contributed by atoms with Gasteiger partial charge in [0, 0.05) is 0 Å². The van der Waals surface area contributed by atoms with Gasteiger partial charge in [0.1, 0.15) is 5.97 Å². The van der Waals surface area contributed by atoms with Crippen LogP contribution in [0.1, 0.15) is 13.8 Å². The minimum Gasteiger partial charge on any atom is -0.541 e. The first kappa shape index (κ1) is 8.88. The molecular formula is C7H9O3-. The monoisotopic (exact) mass is 141 g/mol. The number of rotatable bonds is 3. The summed E-state index contributed by atoms with van der Waals surface area (Å²) in [5.74, 6) is -2.82. The Morgan fingerprint density at radius 3 is 1.90 bits per heavy atom. The van der Waals surface area contributed by atoms with Gasteiger partial charge < -0.3 is 9.90 Å². The number of aliphatic carboxylic acids is 1. The number of ketones is 1. The third-order valence-electron chi connectivity index (χ3n) is 1.17. The van der Waals surface area contributed by atoms with Crippen LogP contribution in [0.4, 0.5) is 0 Å². The van der Waals surface area contributed by atoms with Crippen LogP contribution in [0.25, 0.3) is 0 Å². The molecule has 0 fully saturated rings. The SMILES string of the molecule is C=C(C(=O)C(=O)[O-])C(C)C. The molecule has 0 unspecified atom stereocenters. The quantitative estimate of drug-likeness (QED) is 0.394. The molecule has 0 aliphatic heterocycles. The maximum atomic E-state index is 10.5. The van der Waals surface area contributed by atoms with E-state index in [0.29, 0.717) is 0 Å². The second-order valence-electron chi connectivity index (χ2n) is 2.30. The van der Waals surface area contributed by atoms with Gasteiger partial charge >= 0.3 is 0 Å². The van der Waals surface area contributed by atoms with Gasteiger partial charge in [0.05, 0.1) is 0 Å². The van der Waals surface area contributed by atoms with Crippen molar-refractivity contribution in [2.24, 2.45) is 5.92 Å². The Bertz CT molecular complexity index is 179. The highest BCUT2D eigenvalue weighted by Gasteiger charge is 2.10. The van der Waals surface area contributed by atoms with E-state index in [1.54, 1.807) is 13.8 Å². The topological polar surface area (TPSA) is 57.2 Å². The van der Waals surface area contributed by atoms with Gasteiger partial charge in [0.2, 0.25) is 5.78 Å². The highest BCUT2D eigenvalue weighted by atomic mass is 16.4. The second kappa shape index (κ2) is 3.15. The summed E-state index contributed by atoms with van der Waals surface area (Å²) in [6, 6.07) is 0. The van der Waals surface area contributed by atoms with Crippen LogP contribution in [0.2, 0.25) is 0 Å². The van der Waals surface area contributed by atoms with Gasteiger partial charge in [0.15, 0.2) is 0 Å². The van der Waals surface area contributed by atoms with E-state index in [9.17, 15) is 14.7 Å². The van der Waals surface area contributed by atoms with Crippen molar-refractivity contribution >= 4 is 11.8 Å². The molecule has 0 saturated heterocycles. The maximum Gasteiger partial charge on any atom is 0.204 e. The summed E-state index contributed by atoms with van der Waals surface area (Å²) >= 11 is 0.